The summed E-state index contributed by atoms with van der Waals surface area (Å²) in [4.78, 5) is 28.1. The average molecular weight is 501 g/mol. The van der Waals surface area contributed by atoms with Crippen molar-refractivity contribution in [2.75, 3.05) is 13.2 Å². The molecule has 1 aliphatic carbocycles. The molecule has 1 fully saturated rings. The summed E-state index contributed by atoms with van der Waals surface area (Å²) in [6, 6.07) is 17.2. The van der Waals surface area contributed by atoms with E-state index < -0.39 is 6.04 Å². The Morgan fingerprint density at radius 1 is 1.06 bits per heavy atom. The predicted molar refractivity (Wildman–Crippen MR) is 131 cm³/mol. The van der Waals surface area contributed by atoms with Crippen molar-refractivity contribution in [1.29, 1.82) is 0 Å². The first-order chi connectivity index (χ1) is 15.6. The van der Waals surface area contributed by atoms with Crippen molar-refractivity contribution in [3.63, 3.8) is 0 Å². The Balaban J connectivity index is 1.68. The zero-order chi connectivity index (χ0) is 22.8. The van der Waals surface area contributed by atoms with Crippen LogP contribution in [0.15, 0.2) is 59.1 Å². The topological polar surface area (TPSA) is 58.6 Å². The van der Waals surface area contributed by atoms with Crippen LogP contribution in [0, 0.1) is 0 Å². The molecule has 0 unspecified atom stereocenters. The van der Waals surface area contributed by atoms with Gasteiger partial charge in [0, 0.05) is 17.1 Å². The summed E-state index contributed by atoms with van der Waals surface area (Å²) in [5.74, 6) is 0.406. The Kier molecular flexibility index (Phi) is 9.60. The number of carbonyl (C=O) groups is 2. The van der Waals surface area contributed by atoms with Gasteiger partial charge in [-0.15, -0.1) is 0 Å². The van der Waals surface area contributed by atoms with Gasteiger partial charge in [0.15, 0.2) is 6.61 Å². The van der Waals surface area contributed by atoms with Crippen LogP contribution in [-0.4, -0.2) is 41.9 Å². The van der Waals surface area contributed by atoms with Gasteiger partial charge in [-0.1, -0.05) is 72.4 Å². The Hall–Kier alpha value is -2.34. The summed E-state index contributed by atoms with van der Waals surface area (Å²) < 4.78 is 6.69. The van der Waals surface area contributed by atoms with E-state index in [9.17, 15) is 9.59 Å². The third-order valence-electron chi connectivity index (χ3n) is 6.00. The second-order valence-electron chi connectivity index (χ2n) is 8.33. The van der Waals surface area contributed by atoms with Gasteiger partial charge in [0.2, 0.25) is 5.91 Å². The summed E-state index contributed by atoms with van der Waals surface area (Å²) in [5, 5.41) is 3.20. The molecule has 6 heteroatoms. The number of amides is 2. The normalized spacial score (nSPS) is 15.1. The van der Waals surface area contributed by atoms with Crippen LogP contribution < -0.4 is 10.1 Å². The zero-order valence-corrected chi connectivity index (χ0v) is 20.4. The molecular weight excluding hydrogens is 468 g/mol. The third kappa shape index (κ3) is 7.37. The van der Waals surface area contributed by atoms with Crippen LogP contribution in [0.5, 0.6) is 5.75 Å². The molecule has 172 valence electrons. The first kappa shape index (κ1) is 24.3. The van der Waals surface area contributed by atoms with E-state index in [4.69, 9.17) is 4.74 Å². The van der Waals surface area contributed by atoms with Crippen molar-refractivity contribution in [3.8, 4) is 5.75 Å². The van der Waals surface area contributed by atoms with Gasteiger partial charge >= 0.3 is 0 Å². The van der Waals surface area contributed by atoms with Crippen molar-refractivity contribution >= 4 is 27.7 Å². The van der Waals surface area contributed by atoms with Crippen molar-refractivity contribution in [2.45, 2.75) is 64.0 Å². The average Bonchev–Trinajstić information content (AvgIpc) is 2.82. The minimum absolute atomic E-state index is 0.0514. The molecule has 1 N–H and O–H groups in total. The molecular formula is C26H33BrN2O3. The highest BCUT2D eigenvalue weighted by atomic mass is 79.9. The molecule has 0 bridgehead atoms. The molecule has 0 spiro atoms. The van der Waals surface area contributed by atoms with Crippen molar-refractivity contribution < 1.29 is 14.3 Å². The molecule has 5 nitrogen and oxygen atoms in total. The maximum absolute atomic E-state index is 13.2. The minimum atomic E-state index is -0.498. The third-order valence-corrected chi connectivity index (χ3v) is 6.53. The Morgan fingerprint density at radius 2 is 1.75 bits per heavy atom. The van der Waals surface area contributed by atoms with E-state index in [1.165, 1.54) is 6.42 Å². The zero-order valence-electron chi connectivity index (χ0n) is 18.8. The second-order valence-corrected chi connectivity index (χ2v) is 9.25. The molecule has 0 radical (unpaired) electrons. The fourth-order valence-corrected chi connectivity index (χ4v) is 4.46. The number of ether oxygens (including phenoxy) is 1. The molecule has 2 amide bonds. The highest BCUT2D eigenvalue weighted by Gasteiger charge is 2.30. The molecule has 0 saturated heterocycles. The fourth-order valence-electron chi connectivity index (χ4n) is 4.20. The lowest BCUT2D eigenvalue weighted by Crippen LogP contribution is -2.53. The van der Waals surface area contributed by atoms with E-state index in [0.29, 0.717) is 25.1 Å². The van der Waals surface area contributed by atoms with Crippen LogP contribution in [0.4, 0.5) is 0 Å². The lowest BCUT2D eigenvalue weighted by Gasteiger charge is -2.32. The molecule has 1 aliphatic rings. The van der Waals surface area contributed by atoms with Crippen LogP contribution in [-0.2, 0) is 16.0 Å². The molecule has 2 aromatic rings. The van der Waals surface area contributed by atoms with Crippen LogP contribution in [0.3, 0.4) is 0 Å². The lowest BCUT2D eigenvalue weighted by molar-refractivity contribution is -0.142. The Morgan fingerprint density at radius 3 is 2.41 bits per heavy atom. The van der Waals surface area contributed by atoms with Gasteiger partial charge in [-0.05, 0) is 55.5 Å². The van der Waals surface area contributed by atoms with Gasteiger partial charge in [-0.25, -0.2) is 0 Å². The molecule has 0 aromatic heterocycles. The Labute approximate surface area is 199 Å². The van der Waals surface area contributed by atoms with Gasteiger partial charge in [-0.2, -0.15) is 0 Å². The number of benzene rings is 2. The molecule has 1 atom stereocenters. The van der Waals surface area contributed by atoms with Crippen LogP contribution in [0.25, 0.3) is 0 Å². The van der Waals surface area contributed by atoms with E-state index in [-0.39, 0.29) is 24.5 Å². The van der Waals surface area contributed by atoms with E-state index in [1.54, 1.807) is 4.90 Å². The number of rotatable bonds is 10. The number of carbonyl (C=O) groups excluding carboxylic acids is 2. The number of halogens is 1. The fraction of sp³-hybridized carbons (Fsp3) is 0.462. The molecule has 0 aliphatic heterocycles. The first-order valence-corrected chi connectivity index (χ1v) is 12.4. The van der Waals surface area contributed by atoms with Gasteiger partial charge < -0.3 is 15.0 Å². The maximum atomic E-state index is 13.2. The summed E-state index contributed by atoms with van der Waals surface area (Å²) in [6.45, 7) is 2.34. The van der Waals surface area contributed by atoms with Gasteiger partial charge in [-0.3, -0.25) is 9.59 Å². The van der Waals surface area contributed by atoms with Crippen molar-refractivity contribution in [3.05, 3.63) is 64.6 Å². The molecule has 1 saturated carbocycles. The molecule has 2 aromatic carbocycles. The van der Waals surface area contributed by atoms with Crippen LogP contribution >= 0.6 is 15.9 Å². The van der Waals surface area contributed by atoms with E-state index in [1.807, 2.05) is 61.5 Å². The highest BCUT2D eigenvalue weighted by molar-refractivity contribution is 9.10. The quantitative estimate of drug-likeness (QED) is 0.491. The molecule has 32 heavy (non-hydrogen) atoms. The number of nitrogens with one attached hydrogen (secondary N) is 1. The van der Waals surface area contributed by atoms with Crippen LogP contribution in [0.2, 0.25) is 0 Å². The number of nitrogens with zero attached hydrogens (tertiary/aromatic N) is 1. The van der Waals surface area contributed by atoms with Crippen molar-refractivity contribution in [1.82, 2.24) is 10.2 Å². The minimum Gasteiger partial charge on any atom is -0.484 e. The second kappa shape index (κ2) is 12.6. The summed E-state index contributed by atoms with van der Waals surface area (Å²) in [5.41, 5.74) is 1.14. The number of hydrogen-bond acceptors (Lipinski definition) is 3. The monoisotopic (exact) mass is 500 g/mol. The lowest BCUT2D eigenvalue weighted by atomic mass is 9.95. The smallest absolute Gasteiger partial charge is 0.261 e. The maximum Gasteiger partial charge on any atom is 0.261 e. The number of hydrogen-bond donors (Lipinski definition) is 1. The molecule has 0 heterocycles. The first-order valence-electron chi connectivity index (χ1n) is 11.6. The summed E-state index contributed by atoms with van der Waals surface area (Å²) in [6.07, 6.45) is 6.84. The predicted octanol–water partition coefficient (Wildman–Crippen LogP) is 5.13. The Bertz CT molecular complexity index is 851. The summed E-state index contributed by atoms with van der Waals surface area (Å²) >= 11 is 3.40. The van der Waals surface area contributed by atoms with E-state index in [2.05, 4.69) is 21.2 Å². The largest absolute Gasteiger partial charge is 0.484 e. The van der Waals surface area contributed by atoms with Crippen LogP contribution in [0.1, 0.15) is 51.0 Å². The van der Waals surface area contributed by atoms with E-state index >= 15 is 0 Å². The highest BCUT2D eigenvalue weighted by Crippen LogP contribution is 2.19. The van der Waals surface area contributed by atoms with Crippen molar-refractivity contribution in [2.24, 2.45) is 0 Å². The van der Waals surface area contributed by atoms with Gasteiger partial charge in [0.25, 0.3) is 5.91 Å². The van der Waals surface area contributed by atoms with E-state index in [0.717, 1.165) is 35.7 Å². The van der Waals surface area contributed by atoms with Gasteiger partial charge in [0.1, 0.15) is 11.8 Å². The molecule has 3 rings (SSSR count). The van der Waals surface area contributed by atoms with Gasteiger partial charge in [0.05, 0.1) is 0 Å². The summed E-state index contributed by atoms with van der Waals surface area (Å²) in [7, 11) is 0. The standard InChI is InChI=1S/C26H33BrN2O3/c1-2-24(26(31)28-22-11-7-4-8-12-22)29(18-17-20-9-5-3-6-10-20)25(30)19-32-23-15-13-21(27)14-16-23/h3,5-6,9-10,13-16,22,24H,2,4,7-8,11-12,17-19H2,1H3,(H,28,31)/t24-/m1/s1. The SMILES string of the molecule is CC[C@H](C(=O)NC1CCCCC1)N(CCc1ccccc1)C(=O)COc1ccc(Br)cc1.